The molecule has 0 unspecified atom stereocenters. The third-order valence-corrected chi connectivity index (χ3v) is 4.38. The standard InChI is InChI=1S/C20H36O4.C4H4O6/c1-3-5-7-9-11-13-17-23-19(21)15-16-20(22)24-18-14-12-10-8-6-4-2;5-3(9-7)1-2-4(6)10-8/h15-16H,3-14,17-18H2,1-2H3;1-2,7-8H. The van der Waals surface area contributed by atoms with E-state index in [9.17, 15) is 19.2 Å². The van der Waals surface area contributed by atoms with Gasteiger partial charge in [-0.15, -0.1) is 0 Å². The molecule has 0 rings (SSSR count). The van der Waals surface area contributed by atoms with Crippen LogP contribution in [0.15, 0.2) is 24.3 Å². The smallest absolute Gasteiger partial charge is 0.365 e. The van der Waals surface area contributed by atoms with Gasteiger partial charge in [-0.1, -0.05) is 78.1 Å². The van der Waals surface area contributed by atoms with Crippen LogP contribution in [0.4, 0.5) is 0 Å². The Labute approximate surface area is 201 Å². The van der Waals surface area contributed by atoms with Crippen molar-refractivity contribution in [3.8, 4) is 0 Å². The molecular formula is C24H40O10. The molecule has 196 valence electrons. The Morgan fingerprint density at radius 3 is 1.12 bits per heavy atom. The maximum Gasteiger partial charge on any atom is 0.365 e. The molecular weight excluding hydrogens is 448 g/mol. The van der Waals surface area contributed by atoms with E-state index in [-0.39, 0.29) is 0 Å². The van der Waals surface area contributed by atoms with Crippen LogP contribution < -0.4 is 0 Å². The van der Waals surface area contributed by atoms with E-state index in [4.69, 9.17) is 20.0 Å². The first-order valence-corrected chi connectivity index (χ1v) is 11.8. The van der Waals surface area contributed by atoms with E-state index in [0.717, 1.165) is 37.8 Å². The molecule has 0 fully saturated rings. The molecule has 34 heavy (non-hydrogen) atoms. The van der Waals surface area contributed by atoms with Crippen LogP contribution in [-0.4, -0.2) is 47.6 Å². The van der Waals surface area contributed by atoms with Gasteiger partial charge in [-0.2, -0.15) is 10.5 Å². The molecule has 0 aromatic carbocycles. The first-order valence-electron chi connectivity index (χ1n) is 11.8. The summed E-state index contributed by atoms with van der Waals surface area (Å²) in [6.45, 7) is 5.21. The van der Waals surface area contributed by atoms with Crippen molar-refractivity contribution in [2.75, 3.05) is 13.2 Å². The number of carbonyl (C=O) groups is 4. The molecule has 0 bridgehead atoms. The van der Waals surface area contributed by atoms with Crippen molar-refractivity contribution in [3.05, 3.63) is 24.3 Å². The summed E-state index contributed by atoms with van der Waals surface area (Å²) in [6.07, 6.45) is 17.3. The van der Waals surface area contributed by atoms with Crippen molar-refractivity contribution in [2.24, 2.45) is 0 Å². The van der Waals surface area contributed by atoms with Gasteiger partial charge in [0.15, 0.2) is 0 Å². The second kappa shape index (κ2) is 26.5. The Morgan fingerprint density at radius 1 is 0.500 bits per heavy atom. The highest BCUT2D eigenvalue weighted by Gasteiger charge is 2.01. The second-order valence-electron chi connectivity index (χ2n) is 7.36. The van der Waals surface area contributed by atoms with Crippen LogP contribution in [0.2, 0.25) is 0 Å². The lowest BCUT2D eigenvalue weighted by molar-refractivity contribution is -0.230. The SMILES string of the molecule is CCCCCCCCOC(=O)C=CC(=O)OCCCCCCCC.O=C(C=CC(=O)OO)OO. The summed E-state index contributed by atoms with van der Waals surface area (Å²) >= 11 is 0. The fourth-order valence-corrected chi connectivity index (χ4v) is 2.54. The van der Waals surface area contributed by atoms with E-state index in [1.54, 1.807) is 0 Å². The summed E-state index contributed by atoms with van der Waals surface area (Å²) in [4.78, 5) is 49.1. The van der Waals surface area contributed by atoms with Crippen molar-refractivity contribution < 1.29 is 48.9 Å². The van der Waals surface area contributed by atoms with Crippen LogP contribution in [-0.2, 0) is 38.4 Å². The van der Waals surface area contributed by atoms with Crippen molar-refractivity contribution >= 4 is 23.9 Å². The zero-order chi connectivity index (χ0) is 25.9. The van der Waals surface area contributed by atoms with Crippen LogP contribution in [0.3, 0.4) is 0 Å². The van der Waals surface area contributed by atoms with Gasteiger partial charge in [-0.3, -0.25) is 9.78 Å². The van der Waals surface area contributed by atoms with Crippen molar-refractivity contribution in [2.45, 2.75) is 90.9 Å². The van der Waals surface area contributed by atoms with Gasteiger partial charge in [0, 0.05) is 24.3 Å². The Morgan fingerprint density at radius 2 is 0.794 bits per heavy atom. The highest BCUT2D eigenvalue weighted by molar-refractivity contribution is 5.91. The lowest BCUT2D eigenvalue weighted by Gasteiger charge is -2.03. The minimum atomic E-state index is -1.13. The van der Waals surface area contributed by atoms with E-state index in [0.29, 0.717) is 25.4 Å². The molecule has 0 amide bonds. The minimum absolute atomic E-state index is 0.419. The van der Waals surface area contributed by atoms with Gasteiger partial charge in [-0.05, 0) is 12.8 Å². The molecule has 0 radical (unpaired) electrons. The van der Waals surface area contributed by atoms with Gasteiger partial charge in [0.25, 0.3) is 0 Å². The van der Waals surface area contributed by atoms with E-state index in [1.165, 1.54) is 51.4 Å². The lowest BCUT2D eigenvalue weighted by atomic mass is 10.1. The van der Waals surface area contributed by atoms with Gasteiger partial charge < -0.3 is 9.47 Å². The Kier molecular flexibility index (Phi) is 26.1. The highest BCUT2D eigenvalue weighted by Crippen LogP contribution is 2.06. The highest BCUT2D eigenvalue weighted by atomic mass is 17.1. The Hall–Kier alpha value is -2.72. The van der Waals surface area contributed by atoms with E-state index in [1.807, 2.05) is 0 Å². The first-order chi connectivity index (χ1) is 16.4. The molecule has 0 aliphatic carbocycles. The van der Waals surface area contributed by atoms with Crippen molar-refractivity contribution in [1.82, 2.24) is 0 Å². The maximum absolute atomic E-state index is 11.4. The lowest BCUT2D eigenvalue weighted by Crippen LogP contribution is -2.06. The molecule has 2 N–H and O–H groups in total. The predicted molar refractivity (Wildman–Crippen MR) is 124 cm³/mol. The minimum Gasteiger partial charge on any atom is -0.463 e. The van der Waals surface area contributed by atoms with Crippen LogP contribution in [0.5, 0.6) is 0 Å². The zero-order valence-corrected chi connectivity index (χ0v) is 20.4. The van der Waals surface area contributed by atoms with Gasteiger partial charge >= 0.3 is 23.9 Å². The van der Waals surface area contributed by atoms with Crippen LogP contribution >= 0.6 is 0 Å². The largest absolute Gasteiger partial charge is 0.463 e. The molecule has 0 aromatic heterocycles. The van der Waals surface area contributed by atoms with E-state index < -0.39 is 23.9 Å². The first kappa shape index (κ1) is 33.5. The fourth-order valence-electron chi connectivity index (χ4n) is 2.54. The van der Waals surface area contributed by atoms with Gasteiger partial charge in [0.2, 0.25) is 0 Å². The molecule has 0 aromatic rings. The van der Waals surface area contributed by atoms with Crippen LogP contribution in [0.25, 0.3) is 0 Å². The average molecular weight is 489 g/mol. The zero-order valence-electron chi connectivity index (χ0n) is 20.4. The van der Waals surface area contributed by atoms with E-state index in [2.05, 4.69) is 23.6 Å². The molecule has 0 atom stereocenters. The summed E-state index contributed by atoms with van der Waals surface area (Å²) in [5.41, 5.74) is 0. The Balaban J connectivity index is 0. The molecule has 0 aliphatic rings. The normalized spacial score (nSPS) is 10.5. The topological polar surface area (TPSA) is 146 Å². The number of hydrogen-bond acceptors (Lipinski definition) is 10. The molecule has 0 aliphatic heterocycles. The number of rotatable bonds is 18. The quantitative estimate of drug-likeness (QED) is 0.0680. The maximum atomic E-state index is 11.4. The second-order valence-corrected chi connectivity index (χ2v) is 7.36. The molecule has 0 spiro atoms. The third-order valence-electron chi connectivity index (χ3n) is 4.38. The molecule has 10 nitrogen and oxygen atoms in total. The van der Waals surface area contributed by atoms with Crippen molar-refractivity contribution in [3.63, 3.8) is 0 Å². The van der Waals surface area contributed by atoms with Crippen LogP contribution in [0.1, 0.15) is 90.9 Å². The summed E-state index contributed by atoms with van der Waals surface area (Å²) in [7, 11) is 0. The number of hydrogen-bond donors (Lipinski definition) is 2. The number of carbonyl (C=O) groups excluding carboxylic acids is 4. The monoisotopic (exact) mass is 488 g/mol. The number of ether oxygens (including phenoxy) is 2. The Bertz CT molecular complexity index is 549. The predicted octanol–water partition coefficient (Wildman–Crippen LogP) is 4.93. The summed E-state index contributed by atoms with van der Waals surface area (Å²) in [5, 5.41) is 15.2. The van der Waals surface area contributed by atoms with Crippen molar-refractivity contribution in [1.29, 1.82) is 0 Å². The van der Waals surface area contributed by atoms with Gasteiger partial charge in [0.1, 0.15) is 0 Å². The molecule has 0 heterocycles. The van der Waals surface area contributed by atoms with Gasteiger partial charge in [-0.25, -0.2) is 19.2 Å². The van der Waals surface area contributed by atoms with Crippen LogP contribution in [0, 0.1) is 0 Å². The summed E-state index contributed by atoms with van der Waals surface area (Å²) in [5.74, 6) is -3.21. The third kappa shape index (κ3) is 27.3. The number of esters is 2. The summed E-state index contributed by atoms with van der Waals surface area (Å²) < 4.78 is 10.1. The average Bonchev–Trinajstić information content (AvgIpc) is 2.85. The molecule has 0 saturated heterocycles. The number of unbranched alkanes of at least 4 members (excludes halogenated alkanes) is 10. The molecule has 10 heteroatoms. The summed E-state index contributed by atoms with van der Waals surface area (Å²) in [6, 6.07) is 0. The molecule has 0 saturated carbocycles. The van der Waals surface area contributed by atoms with E-state index >= 15 is 0 Å². The van der Waals surface area contributed by atoms with Gasteiger partial charge in [0.05, 0.1) is 13.2 Å². The fraction of sp³-hybridized carbons (Fsp3) is 0.667.